The van der Waals surface area contributed by atoms with Crippen LogP contribution in [-0.2, 0) is 19.6 Å². The van der Waals surface area contributed by atoms with Gasteiger partial charge in [0.15, 0.2) is 11.5 Å². The molecule has 1 unspecified atom stereocenters. The quantitative estimate of drug-likeness (QED) is 0.749. The average Bonchev–Trinajstić information content (AvgIpc) is 3.09. The van der Waals surface area contributed by atoms with E-state index in [1.54, 1.807) is 6.92 Å². The Kier molecular flexibility index (Phi) is 4.11. The number of para-hydroxylation sites is 1. The van der Waals surface area contributed by atoms with Crippen LogP contribution in [0, 0.1) is 0 Å². The lowest BCUT2D eigenvalue weighted by atomic mass is 9.63. The molecule has 6 heteroatoms. The zero-order chi connectivity index (χ0) is 19.5. The maximum Gasteiger partial charge on any atom is 0.417 e. The molecule has 3 aliphatic rings. The van der Waals surface area contributed by atoms with E-state index < -0.39 is 28.6 Å². The fraction of sp³-hybridized carbons (Fsp3) is 0.667. The number of ether oxygens (including phenoxy) is 3. The lowest BCUT2D eigenvalue weighted by Gasteiger charge is -2.49. The number of fused-ring (bicyclic) bond motifs is 2. The van der Waals surface area contributed by atoms with Crippen molar-refractivity contribution in [2.75, 3.05) is 18.1 Å². The van der Waals surface area contributed by atoms with Crippen molar-refractivity contribution in [3.05, 3.63) is 29.8 Å². The molecule has 1 amide bonds. The van der Waals surface area contributed by atoms with Gasteiger partial charge in [-0.1, -0.05) is 18.2 Å². The maximum absolute atomic E-state index is 13.0. The smallest absolute Gasteiger partial charge is 0.417 e. The summed E-state index contributed by atoms with van der Waals surface area (Å²) in [4.78, 5) is 14.4. The van der Waals surface area contributed by atoms with Crippen molar-refractivity contribution in [3.63, 3.8) is 0 Å². The van der Waals surface area contributed by atoms with Crippen LogP contribution < -0.4 is 4.90 Å². The Hall–Kier alpha value is -1.63. The largest absolute Gasteiger partial charge is 0.443 e. The Labute approximate surface area is 160 Å². The first kappa shape index (κ1) is 18.7. The lowest BCUT2D eigenvalue weighted by Crippen LogP contribution is -2.61. The maximum atomic E-state index is 13.0. The number of hydrogen-bond acceptors (Lipinski definition) is 5. The minimum Gasteiger partial charge on any atom is -0.443 e. The summed E-state index contributed by atoms with van der Waals surface area (Å²) in [7, 11) is 0. The molecule has 0 aromatic heterocycles. The van der Waals surface area contributed by atoms with Gasteiger partial charge in [0.05, 0.1) is 18.9 Å². The number of anilines is 1. The summed E-state index contributed by atoms with van der Waals surface area (Å²) in [5, 5.41) is 11.7. The van der Waals surface area contributed by atoms with Crippen LogP contribution in [0.15, 0.2) is 24.3 Å². The predicted octanol–water partition coefficient (Wildman–Crippen LogP) is 3.71. The Morgan fingerprint density at radius 2 is 1.70 bits per heavy atom. The third kappa shape index (κ3) is 2.77. The van der Waals surface area contributed by atoms with Crippen LogP contribution in [0.5, 0.6) is 0 Å². The highest BCUT2D eigenvalue weighted by molar-refractivity contribution is 5.93. The van der Waals surface area contributed by atoms with Gasteiger partial charge in [-0.3, -0.25) is 0 Å². The molecule has 1 aromatic carbocycles. The fourth-order valence-corrected chi connectivity index (χ4v) is 4.95. The Morgan fingerprint density at radius 1 is 1.11 bits per heavy atom. The monoisotopic (exact) mass is 375 g/mol. The molecule has 4 rings (SSSR count). The van der Waals surface area contributed by atoms with Gasteiger partial charge < -0.3 is 19.3 Å². The standard InChI is InChI=1S/C21H29NO5/c1-18(2,3)27-17(23)22-16-8-6-5-7-15(16)20(19(22,4)24)9-11-21(12-10-20)25-13-14-26-21/h5-8,24H,9-14H2,1-4H3. The van der Waals surface area contributed by atoms with Crippen molar-refractivity contribution >= 4 is 11.8 Å². The zero-order valence-electron chi connectivity index (χ0n) is 16.6. The zero-order valence-corrected chi connectivity index (χ0v) is 16.6. The number of aliphatic hydroxyl groups is 1. The van der Waals surface area contributed by atoms with Crippen molar-refractivity contribution in [1.29, 1.82) is 0 Å². The fourth-order valence-electron chi connectivity index (χ4n) is 4.95. The second-order valence-electron chi connectivity index (χ2n) is 9.04. The van der Waals surface area contributed by atoms with Gasteiger partial charge in [0.25, 0.3) is 0 Å². The summed E-state index contributed by atoms with van der Waals surface area (Å²) in [5.74, 6) is -0.532. The van der Waals surface area contributed by atoms with Gasteiger partial charge in [-0.05, 0) is 52.2 Å². The van der Waals surface area contributed by atoms with Crippen LogP contribution in [0.1, 0.15) is 58.9 Å². The van der Waals surface area contributed by atoms with Crippen LogP contribution in [0.2, 0.25) is 0 Å². The molecule has 1 atom stereocenters. The third-order valence-electron chi connectivity index (χ3n) is 6.26. The molecule has 1 aromatic rings. The number of carbonyl (C=O) groups is 1. The van der Waals surface area contributed by atoms with E-state index in [1.165, 1.54) is 4.90 Å². The minimum atomic E-state index is -1.39. The van der Waals surface area contributed by atoms with Crippen LogP contribution >= 0.6 is 0 Å². The normalized spacial score (nSPS) is 28.6. The molecule has 6 nitrogen and oxygen atoms in total. The summed E-state index contributed by atoms with van der Waals surface area (Å²) in [6, 6.07) is 7.75. The van der Waals surface area contributed by atoms with Crippen molar-refractivity contribution in [1.82, 2.24) is 0 Å². The van der Waals surface area contributed by atoms with Gasteiger partial charge in [0, 0.05) is 18.3 Å². The van der Waals surface area contributed by atoms with E-state index >= 15 is 0 Å². The van der Waals surface area contributed by atoms with Crippen LogP contribution in [0.25, 0.3) is 0 Å². The summed E-state index contributed by atoms with van der Waals surface area (Å²) < 4.78 is 17.4. The third-order valence-corrected chi connectivity index (χ3v) is 6.26. The lowest BCUT2D eigenvalue weighted by molar-refractivity contribution is -0.196. The average molecular weight is 375 g/mol. The Morgan fingerprint density at radius 3 is 2.30 bits per heavy atom. The Balaban J connectivity index is 1.72. The highest BCUT2D eigenvalue weighted by Crippen LogP contribution is 2.59. The molecule has 1 N–H and O–H groups in total. The summed E-state index contributed by atoms with van der Waals surface area (Å²) >= 11 is 0. The van der Waals surface area contributed by atoms with Gasteiger partial charge in [-0.25, -0.2) is 9.69 Å². The molecule has 0 radical (unpaired) electrons. The summed E-state index contributed by atoms with van der Waals surface area (Å²) in [5.41, 5.74) is -0.880. The molecular weight excluding hydrogens is 346 g/mol. The van der Waals surface area contributed by atoms with Crippen LogP contribution in [-0.4, -0.2) is 41.5 Å². The number of rotatable bonds is 0. The molecule has 2 spiro atoms. The second kappa shape index (κ2) is 5.93. The molecule has 1 saturated heterocycles. The molecule has 1 aliphatic carbocycles. The molecule has 2 heterocycles. The van der Waals surface area contributed by atoms with E-state index in [1.807, 2.05) is 45.0 Å². The highest BCUT2D eigenvalue weighted by atomic mass is 16.7. The molecule has 2 aliphatic heterocycles. The first-order valence-corrected chi connectivity index (χ1v) is 9.73. The summed E-state index contributed by atoms with van der Waals surface area (Å²) in [6.45, 7) is 8.45. The SMILES string of the molecule is CC(C)(C)OC(=O)N1c2ccccc2C2(CCC3(CC2)OCCO3)C1(C)O. The first-order valence-electron chi connectivity index (χ1n) is 9.73. The number of hydrogen-bond donors (Lipinski definition) is 1. The Bertz CT molecular complexity index is 735. The molecular formula is C21H29NO5. The van der Waals surface area contributed by atoms with Crippen LogP contribution in [0.3, 0.4) is 0 Å². The van der Waals surface area contributed by atoms with Crippen molar-refractivity contribution in [2.45, 2.75) is 75.9 Å². The number of benzene rings is 1. The number of nitrogens with zero attached hydrogens (tertiary/aromatic N) is 1. The van der Waals surface area contributed by atoms with Gasteiger partial charge >= 0.3 is 6.09 Å². The van der Waals surface area contributed by atoms with Gasteiger partial charge in [-0.15, -0.1) is 0 Å². The topological polar surface area (TPSA) is 68.2 Å². The summed E-state index contributed by atoms with van der Waals surface area (Å²) in [6.07, 6.45) is 2.22. The van der Waals surface area contributed by atoms with Gasteiger partial charge in [0.1, 0.15) is 5.60 Å². The highest BCUT2D eigenvalue weighted by Gasteiger charge is 2.63. The first-order chi connectivity index (χ1) is 12.6. The van der Waals surface area contributed by atoms with Crippen molar-refractivity contribution < 1.29 is 24.1 Å². The van der Waals surface area contributed by atoms with Gasteiger partial charge in [0.2, 0.25) is 0 Å². The van der Waals surface area contributed by atoms with E-state index in [-0.39, 0.29) is 0 Å². The second-order valence-corrected chi connectivity index (χ2v) is 9.04. The van der Waals surface area contributed by atoms with Gasteiger partial charge in [-0.2, -0.15) is 0 Å². The van der Waals surface area contributed by atoms with E-state index in [9.17, 15) is 9.90 Å². The van der Waals surface area contributed by atoms with E-state index in [4.69, 9.17) is 14.2 Å². The molecule has 2 fully saturated rings. The number of carbonyl (C=O) groups excluding carboxylic acids is 1. The van der Waals surface area contributed by atoms with Crippen LogP contribution in [0.4, 0.5) is 10.5 Å². The molecule has 27 heavy (non-hydrogen) atoms. The minimum absolute atomic E-state index is 0.523. The van der Waals surface area contributed by atoms with E-state index in [2.05, 4.69) is 0 Å². The number of amides is 1. The molecule has 0 bridgehead atoms. The van der Waals surface area contributed by atoms with Crippen molar-refractivity contribution in [2.24, 2.45) is 0 Å². The molecule has 148 valence electrons. The molecule has 1 saturated carbocycles. The van der Waals surface area contributed by atoms with E-state index in [0.717, 1.165) is 11.3 Å². The predicted molar refractivity (Wildman–Crippen MR) is 101 cm³/mol. The van der Waals surface area contributed by atoms with E-state index in [0.29, 0.717) is 38.9 Å². The van der Waals surface area contributed by atoms with Crippen molar-refractivity contribution in [3.8, 4) is 0 Å².